The molecular weight excluding hydrogens is 140 g/mol. The van der Waals surface area contributed by atoms with Crippen molar-refractivity contribution in [2.75, 3.05) is 0 Å². The van der Waals surface area contributed by atoms with Crippen LogP contribution in [0.25, 0.3) is 0 Å². The van der Waals surface area contributed by atoms with Crippen molar-refractivity contribution in [1.82, 2.24) is 15.0 Å². The van der Waals surface area contributed by atoms with Gasteiger partial charge in [-0.05, 0) is 5.92 Å². The van der Waals surface area contributed by atoms with E-state index in [0.29, 0.717) is 5.92 Å². The van der Waals surface area contributed by atoms with Crippen molar-refractivity contribution in [3.8, 4) is 0 Å². The normalized spacial score (nSPS) is 13.8. The Bertz CT molecular complexity index is 192. The predicted octanol–water partition coefficient (Wildman–Crippen LogP) is 0.261. The fourth-order valence-electron chi connectivity index (χ4n) is 0.757. The molecule has 0 saturated carbocycles. The maximum absolute atomic E-state index is 5.82. The Morgan fingerprint density at radius 2 is 2.27 bits per heavy atom. The SMILES string of the molecule is CC(C)C(N)Cn1ccnn1. The summed E-state index contributed by atoms with van der Waals surface area (Å²) in [6.07, 6.45) is 3.48. The van der Waals surface area contributed by atoms with Crippen molar-refractivity contribution in [2.24, 2.45) is 11.7 Å². The molecule has 0 aliphatic heterocycles. The van der Waals surface area contributed by atoms with E-state index in [1.54, 1.807) is 10.9 Å². The topological polar surface area (TPSA) is 56.7 Å². The Hall–Kier alpha value is -0.900. The Morgan fingerprint density at radius 1 is 1.55 bits per heavy atom. The van der Waals surface area contributed by atoms with Gasteiger partial charge in [-0.25, -0.2) is 0 Å². The van der Waals surface area contributed by atoms with Crippen LogP contribution in [0.4, 0.5) is 0 Å². The fraction of sp³-hybridized carbons (Fsp3) is 0.714. The van der Waals surface area contributed by atoms with Crippen LogP contribution < -0.4 is 5.73 Å². The molecule has 4 heteroatoms. The van der Waals surface area contributed by atoms with E-state index in [9.17, 15) is 0 Å². The number of aromatic nitrogens is 3. The molecule has 1 heterocycles. The quantitative estimate of drug-likeness (QED) is 0.679. The highest BCUT2D eigenvalue weighted by Gasteiger charge is 2.07. The Morgan fingerprint density at radius 3 is 2.73 bits per heavy atom. The second kappa shape index (κ2) is 3.48. The van der Waals surface area contributed by atoms with E-state index < -0.39 is 0 Å². The molecule has 0 aliphatic rings. The maximum atomic E-state index is 5.82. The summed E-state index contributed by atoms with van der Waals surface area (Å²) in [5.74, 6) is 0.485. The number of nitrogens with two attached hydrogens (primary N) is 1. The lowest BCUT2D eigenvalue weighted by atomic mass is 10.1. The first-order valence-electron chi connectivity index (χ1n) is 3.80. The summed E-state index contributed by atoms with van der Waals surface area (Å²) in [5, 5.41) is 7.52. The van der Waals surface area contributed by atoms with E-state index in [4.69, 9.17) is 5.73 Å². The molecule has 1 rings (SSSR count). The monoisotopic (exact) mass is 154 g/mol. The van der Waals surface area contributed by atoms with Crippen molar-refractivity contribution in [2.45, 2.75) is 26.4 Å². The van der Waals surface area contributed by atoms with E-state index in [2.05, 4.69) is 24.2 Å². The lowest BCUT2D eigenvalue weighted by Crippen LogP contribution is -2.31. The molecule has 62 valence electrons. The molecule has 2 N–H and O–H groups in total. The van der Waals surface area contributed by atoms with E-state index in [1.165, 1.54) is 0 Å². The highest BCUT2D eigenvalue weighted by Crippen LogP contribution is 1.99. The lowest BCUT2D eigenvalue weighted by molar-refractivity contribution is 0.408. The van der Waals surface area contributed by atoms with Crippen LogP contribution in [-0.2, 0) is 6.54 Å². The first-order valence-corrected chi connectivity index (χ1v) is 3.80. The van der Waals surface area contributed by atoms with Crippen LogP contribution in [0.5, 0.6) is 0 Å². The molecule has 0 aliphatic carbocycles. The van der Waals surface area contributed by atoms with Crippen LogP contribution in [0.2, 0.25) is 0 Å². The summed E-state index contributed by atoms with van der Waals surface area (Å²) in [6.45, 7) is 4.95. The Labute approximate surface area is 66.4 Å². The van der Waals surface area contributed by atoms with Gasteiger partial charge in [-0.2, -0.15) is 0 Å². The molecule has 0 saturated heterocycles. The van der Waals surface area contributed by atoms with E-state index >= 15 is 0 Å². The number of rotatable bonds is 3. The molecule has 1 aromatic rings. The summed E-state index contributed by atoms with van der Waals surface area (Å²) < 4.78 is 1.75. The highest BCUT2D eigenvalue weighted by atomic mass is 15.4. The van der Waals surface area contributed by atoms with Gasteiger partial charge < -0.3 is 5.73 Å². The van der Waals surface area contributed by atoms with Gasteiger partial charge in [0.15, 0.2) is 0 Å². The maximum Gasteiger partial charge on any atom is 0.0692 e. The minimum absolute atomic E-state index is 0.164. The molecule has 0 aromatic carbocycles. The first kappa shape index (κ1) is 8.20. The Balaban J connectivity index is 2.43. The first-order chi connectivity index (χ1) is 5.20. The van der Waals surface area contributed by atoms with Crippen LogP contribution in [0, 0.1) is 5.92 Å². The van der Waals surface area contributed by atoms with E-state index in [0.717, 1.165) is 6.54 Å². The zero-order valence-corrected chi connectivity index (χ0v) is 6.94. The summed E-state index contributed by atoms with van der Waals surface area (Å²) >= 11 is 0. The molecular formula is C7H14N4. The van der Waals surface area contributed by atoms with Gasteiger partial charge in [0.1, 0.15) is 0 Å². The molecule has 0 fully saturated rings. The molecule has 4 nitrogen and oxygen atoms in total. The largest absolute Gasteiger partial charge is 0.326 e. The molecule has 0 bridgehead atoms. The predicted molar refractivity (Wildman–Crippen MR) is 42.8 cm³/mol. The smallest absolute Gasteiger partial charge is 0.0692 e. The van der Waals surface area contributed by atoms with Crippen LogP contribution in [0.15, 0.2) is 12.4 Å². The molecule has 0 radical (unpaired) electrons. The van der Waals surface area contributed by atoms with E-state index in [1.807, 2.05) is 6.20 Å². The zero-order chi connectivity index (χ0) is 8.27. The standard InChI is InChI=1S/C7H14N4/c1-6(2)7(8)5-11-4-3-9-10-11/h3-4,6-7H,5,8H2,1-2H3. The fourth-order valence-corrected chi connectivity index (χ4v) is 0.757. The Kier molecular flexibility index (Phi) is 2.59. The number of hydrogen-bond donors (Lipinski definition) is 1. The number of hydrogen-bond acceptors (Lipinski definition) is 3. The lowest BCUT2D eigenvalue weighted by Gasteiger charge is -2.14. The minimum atomic E-state index is 0.164. The van der Waals surface area contributed by atoms with Crippen molar-refractivity contribution in [1.29, 1.82) is 0 Å². The summed E-state index contributed by atoms with van der Waals surface area (Å²) in [6, 6.07) is 0.164. The van der Waals surface area contributed by atoms with Gasteiger partial charge in [0.05, 0.1) is 12.7 Å². The van der Waals surface area contributed by atoms with Gasteiger partial charge in [0.25, 0.3) is 0 Å². The van der Waals surface area contributed by atoms with Gasteiger partial charge in [-0.15, -0.1) is 5.10 Å². The van der Waals surface area contributed by atoms with Crippen LogP contribution >= 0.6 is 0 Å². The van der Waals surface area contributed by atoms with Crippen molar-refractivity contribution < 1.29 is 0 Å². The van der Waals surface area contributed by atoms with Crippen molar-refractivity contribution in [3.05, 3.63) is 12.4 Å². The molecule has 0 spiro atoms. The average Bonchev–Trinajstić information content (AvgIpc) is 2.39. The highest BCUT2D eigenvalue weighted by molar-refractivity contribution is 4.70. The molecule has 1 atom stereocenters. The molecule has 0 amide bonds. The molecule has 1 unspecified atom stereocenters. The third-order valence-corrected chi connectivity index (χ3v) is 1.73. The van der Waals surface area contributed by atoms with Crippen LogP contribution in [-0.4, -0.2) is 21.0 Å². The third kappa shape index (κ3) is 2.31. The molecule has 1 aromatic heterocycles. The van der Waals surface area contributed by atoms with Gasteiger partial charge in [0.2, 0.25) is 0 Å². The van der Waals surface area contributed by atoms with Gasteiger partial charge in [-0.1, -0.05) is 19.1 Å². The van der Waals surface area contributed by atoms with Gasteiger partial charge in [-0.3, -0.25) is 4.68 Å². The molecule has 11 heavy (non-hydrogen) atoms. The van der Waals surface area contributed by atoms with Crippen LogP contribution in [0.3, 0.4) is 0 Å². The summed E-state index contributed by atoms with van der Waals surface area (Å²) in [5.41, 5.74) is 5.82. The second-order valence-corrected chi connectivity index (χ2v) is 3.03. The van der Waals surface area contributed by atoms with Gasteiger partial charge >= 0.3 is 0 Å². The van der Waals surface area contributed by atoms with E-state index in [-0.39, 0.29) is 6.04 Å². The second-order valence-electron chi connectivity index (χ2n) is 3.03. The minimum Gasteiger partial charge on any atom is -0.326 e. The van der Waals surface area contributed by atoms with Crippen LogP contribution in [0.1, 0.15) is 13.8 Å². The number of nitrogens with zero attached hydrogens (tertiary/aromatic N) is 3. The average molecular weight is 154 g/mol. The third-order valence-electron chi connectivity index (χ3n) is 1.73. The van der Waals surface area contributed by atoms with Crippen molar-refractivity contribution >= 4 is 0 Å². The van der Waals surface area contributed by atoms with Crippen molar-refractivity contribution in [3.63, 3.8) is 0 Å². The van der Waals surface area contributed by atoms with Gasteiger partial charge in [0, 0.05) is 12.2 Å². The summed E-state index contributed by atoms with van der Waals surface area (Å²) in [7, 11) is 0. The summed E-state index contributed by atoms with van der Waals surface area (Å²) in [4.78, 5) is 0. The zero-order valence-electron chi connectivity index (χ0n) is 6.94.